The van der Waals surface area contributed by atoms with Gasteiger partial charge in [-0.05, 0) is 36.4 Å². The summed E-state index contributed by atoms with van der Waals surface area (Å²) in [5, 5.41) is 9.52. The highest BCUT2D eigenvalue weighted by atomic mass is 32.2. The average Bonchev–Trinajstić information content (AvgIpc) is 2.49. The molecule has 2 aromatic rings. The standard InChI is InChI=1S/C13H12N2O5S/c1-20-13(17)9-4-6-10(7-5-9)21(18,19)15-12-11(16)3-2-8-14-12/h2-8,16H,1H3,(H,14,15). The highest BCUT2D eigenvalue weighted by Gasteiger charge is 2.17. The molecule has 0 saturated heterocycles. The van der Waals surface area contributed by atoms with Crippen LogP contribution in [0.5, 0.6) is 5.75 Å². The van der Waals surface area contributed by atoms with E-state index in [0.29, 0.717) is 0 Å². The maximum Gasteiger partial charge on any atom is 0.337 e. The lowest BCUT2D eigenvalue weighted by molar-refractivity contribution is 0.0600. The Morgan fingerprint density at radius 3 is 2.48 bits per heavy atom. The third kappa shape index (κ3) is 3.29. The first-order valence-corrected chi connectivity index (χ1v) is 7.27. The molecule has 0 amide bonds. The van der Waals surface area contributed by atoms with Crippen LogP contribution in [-0.2, 0) is 14.8 Å². The molecule has 110 valence electrons. The number of nitrogens with zero attached hydrogens (tertiary/aromatic N) is 1. The Morgan fingerprint density at radius 2 is 1.90 bits per heavy atom. The van der Waals surface area contributed by atoms with Crippen molar-refractivity contribution in [2.75, 3.05) is 11.8 Å². The summed E-state index contributed by atoms with van der Waals surface area (Å²) >= 11 is 0. The number of esters is 1. The van der Waals surface area contributed by atoms with Crippen molar-refractivity contribution < 1.29 is 23.1 Å². The Labute approximate surface area is 121 Å². The quantitative estimate of drug-likeness (QED) is 0.826. The molecule has 0 spiro atoms. The van der Waals surface area contributed by atoms with E-state index >= 15 is 0 Å². The zero-order chi connectivity index (χ0) is 15.5. The minimum absolute atomic E-state index is 0.0693. The number of hydrogen-bond donors (Lipinski definition) is 2. The fourth-order valence-electron chi connectivity index (χ4n) is 1.55. The van der Waals surface area contributed by atoms with Gasteiger partial charge in [-0.15, -0.1) is 0 Å². The lowest BCUT2D eigenvalue weighted by Crippen LogP contribution is -2.14. The van der Waals surface area contributed by atoms with Gasteiger partial charge in [0.25, 0.3) is 10.0 Å². The van der Waals surface area contributed by atoms with Gasteiger partial charge in [-0.25, -0.2) is 18.2 Å². The van der Waals surface area contributed by atoms with Gasteiger partial charge in [-0.1, -0.05) is 0 Å². The summed E-state index contributed by atoms with van der Waals surface area (Å²) in [6, 6.07) is 7.96. The van der Waals surface area contributed by atoms with E-state index in [1.807, 2.05) is 0 Å². The number of benzene rings is 1. The van der Waals surface area contributed by atoms with Gasteiger partial charge in [-0.3, -0.25) is 4.72 Å². The molecule has 0 aliphatic rings. The minimum atomic E-state index is -3.91. The Balaban J connectivity index is 2.28. The largest absolute Gasteiger partial charge is 0.504 e. The van der Waals surface area contributed by atoms with Crippen LogP contribution in [0.4, 0.5) is 5.82 Å². The predicted molar refractivity (Wildman–Crippen MR) is 74.5 cm³/mol. The third-order valence-corrected chi connectivity index (χ3v) is 3.96. The van der Waals surface area contributed by atoms with E-state index < -0.39 is 16.0 Å². The van der Waals surface area contributed by atoms with Crippen molar-refractivity contribution in [1.82, 2.24) is 4.98 Å². The second kappa shape index (κ2) is 5.80. The Hall–Kier alpha value is -2.61. The number of sulfonamides is 1. The second-order valence-electron chi connectivity index (χ2n) is 3.99. The van der Waals surface area contributed by atoms with Gasteiger partial charge in [0, 0.05) is 6.20 Å². The van der Waals surface area contributed by atoms with Crippen LogP contribution in [0.1, 0.15) is 10.4 Å². The van der Waals surface area contributed by atoms with Crippen LogP contribution < -0.4 is 4.72 Å². The number of aromatic hydroxyl groups is 1. The molecular weight excluding hydrogens is 296 g/mol. The molecule has 2 N–H and O–H groups in total. The van der Waals surface area contributed by atoms with E-state index in [0.717, 1.165) is 0 Å². The molecule has 0 saturated carbocycles. The summed E-state index contributed by atoms with van der Waals surface area (Å²) in [6.45, 7) is 0. The number of pyridine rings is 1. The van der Waals surface area contributed by atoms with Gasteiger partial charge in [-0.2, -0.15) is 0 Å². The number of ether oxygens (including phenoxy) is 1. The summed E-state index contributed by atoms with van der Waals surface area (Å²) in [4.78, 5) is 14.9. The normalized spacial score (nSPS) is 10.9. The Bertz CT molecular complexity index is 756. The van der Waals surface area contributed by atoms with Gasteiger partial charge in [0.2, 0.25) is 0 Å². The Morgan fingerprint density at radius 1 is 1.24 bits per heavy atom. The molecule has 0 atom stereocenters. The van der Waals surface area contributed by atoms with Crippen molar-refractivity contribution in [2.45, 2.75) is 4.90 Å². The zero-order valence-corrected chi connectivity index (χ0v) is 11.8. The summed E-state index contributed by atoms with van der Waals surface area (Å²) in [5.41, 5.74) is 0.233. The SMILES string of the molecule is COC(=O)c1ccc(S(=O)(=O)Nc2ncccc2O)cc1. The number of anilines is 1. The molecule has 0 unspecified atom stereocenters. The molecular formula is C13H12N2O5S. The van der Waals surface area contributed by atoms with Crippen LogP contribution in [0.3, 0.4) is 0 Å². The maximum atomic E-state index is 12.1. The number of nitrogens with one attached hydrogen (secondary N) is 1. The number of carbonyl (C=O) groups is 1. The van der Waals surface area contributed by atoms with Gasteiger partial charge < -0.3 is 9.84 Å². The molecule has 1 aromatic carbocycles. The van der Waals surface area contributed by atoms with Crippen molar-refractivity contribution in [3.05, 3.63) is 48.2 Å². The van der Waals surface area contributed by atoms with E-state index in [1.165, 1.54) is 49.7 Å². The fraction of sp³-hybridized carbons (Fsp3) is 0.0769. The second-order valence-corrected chi connectivity index (χ2v) is 5.67. The molecule has 1 aromatic heterocycles. The number of rotatable bonds is 4. The van der Waals surface area contributed by atoms with Crippen LogP contribution >= 0.6 is 0 Å². The average molecular weight is 308 g/mol. The topological polar surface area (TPSA) is 106 Å². The first kappa shape index (κ1) is 14.8. The van der Waals surface area contributed by atoms with Crippen LogP contribution in [0.25, 0.3) is 0 Å². The zero-order valence-electron chi connectivity index (χ0n) is 11.0. The van der Waals surface area contributed by atoms with E-state index in [4.69, 9.17) is 0 Å². The molecule has 0 fully saturated rings. The van der Waals surface area contributed by atoms with Gasteiger partial charge >= 0.3 is 5.97 Å². The molecule has 0 bridgehead atoms. The molecule has 0 aliphatic heterocycles. The number of hydrogen-bond acceptors (Lipinski definition) is 6. The van der Waals surface area contributed by atoms with E-state index in [-0.39, 0.29) is 22.0 Å². The van der Waals surface area contributed by atoms with E-state index in [1.54, 1.807) is 0 Å². The summed E-state index contributed by atoms with van der Waals surface area (Å²) < 4.78 is 30.9. The minimum Gasteiger partial charge on any atom is -0.504 e. The monoisotopic (exact) mass is 308 g/mol. The number of methoxy groups -OCH3 is 1. The molecule has 21 heavy (non-hydrogen) atoms. The van der Waals surface area contributed by atoms with Gasteiger partial charge in [0.1, 0.15) is 0 Å². The molecule has 7 nitrogen and oxygen atoms in total. The lowest BCUT2D eigenvalue weighted by atomic mass is 10.2. The van der Waals surface area contributed by atoms with Crippen LogP contribution in [0.2, 0.25) is 0 Å². The Kier molecular flexibility index (Phi) is 4.08. The van der Waals surface area contributed by atoms with Crippen molar-refractivity contribution in [3.8, 4) is 5.75 Å². The smallest absolute Gasteiger partial charge is 0.337 e. The van der Waals surface area contributed by atoms with Crippen molar-refractivity contribution >= 4 is 21.8 Å². The highest BCUT2D eigenvalue weighted by molar-refractivity contribution is 7.92. The fourth-order valence-corrected chi connectivity index (χ4v) is 2.57. The predicted octanol–water partition coefficient (Wildman–Crippen LogP) is 1.37. The maximum absolute atomic E-state index is 12.1. The van der Waals surface area contributed by atoms with Crippen molar-refractivity contribution in [3.63, 3.8) is 0 Å². The van der Waals surface area contributed by atoms with Crippen molar-refractivity contribution in [2.24, 2.45) is 0 Å². The highest BCUT2D eigenvalue weighted by Crippen LogP contribution is 2.22. The van der Waals surface area contributed by atoms with Crippen LogP contribution in [0.15, 0.2) is 47.5 Å². The molecule has 8 heteroatoms. The van der Waals surface area contributed by atoms with Crippen molar-refractivity contribution in [1.29, 1.82) is 0 Å². The third-order valence-electron chi connectivity index (χ3n) is 2.60. The van der Waals surface area contributed by atoms with Crippen LogP contribution in [0, 0.1) is 0 Å². The number of aromatic nitrogens is 1. The molecule has 2 rings (SSSR count). The summed E-state index contributed by atoms with van der Waals surface area (Å²) in [5.74, 6) is -1.02. The summed E-state index contributed by atoms with van der Waals surface area (Å²) in [7, 11) is -2.68. The van der Waals surface area contributed by atoms with Crippen LogP contribution in [-0.4, -0.2) is 31.6 Å². The molecule has 0 aliphatic carbocycles. The van der Waals surface area contributed by atoms with E-state index in [2.05, 4.69) is 14.4 Å². The van der Waals surface area contributed by atoms with Gasteiger partial charge in [0.15, 0.2) is 11.6 Å². The lowest BCUT2D eigenvalue weighted by Gasteiger charge is -2.08. The molecule has 1 heterocycles. The first-order chi connectivity index (χ1) is 9.94. The van der Waals surface area contributed by atoms with Gasteiger partial charge in [0.05, 0.1) is 17.6 Å². The molecule has 0 radical (unpaired) electrons. The summed E-state index contributed by atoms with van der Waals surface area (Å²) in [6.07, 6.45) is 1.35. The number of carbonyl (C=O) groups excluding carboxylic acids is 1. The first-order valence-electron chi connectivity index (χ1n) is 5.79. The van der Waals surface area contributed by atoms with E-state index in [9.17, 15) is 18.3 Å².